The number of H-pyrrole nitrogens is 1. The predicted octanol–water partition coefficient (Wildman–Crippen LogP) is 2.08. The molecule has 0 radical (unpaired) electrons. The summed E-state index contributed by atoms with van der Waals surface area (Å²) in [5.74, 6) is 0.500. The van der Waals surface area contributed by atoms with Crippen molar-refractivity contribution in [2.75, 3.05) is 5.73 Å². The van der Waals surface area contributed by atoms with Crippen LogP contribution in [0, 0.1) is 10.1 Å². The van der Waals surface area contributed by atoms with Crippen molar-refractivity contribution in [1.82, 2.24) is 10.2 Å². The molecule has 0 aliphatic heterocycles. The Kier molecular flexibility index (Phi) is 3.57. The fourth-order valence-electron chi connectivity index (χ4n) is 1.77. The fraction of sp³-hybridized carbons (Fsp3) is 0.250. The number of nitrogens with zero attached hydrogens (tertiary/aromatic N) is 2. The van der Waals surface area contributed by atoms with E-state index in [-0.39, 0.29) is 5.69 Å². The summed E-state index contributed by atoms with van der Waals surface area (Å²) < 4.78 is 0. The summed E-state index contributed by atoms with van der Waals surface area (Å²) in [5.41, 5.74) is 7.72. The summed E-state index contributed by atoms with van der Waals surface area (Å²) >= 11 is 0. The van der Waals surface area contributed by atoms with Gasteiger partial charge in [0.2, 0.25) is 0 Å². The van der Waals surface area contributed by atoms with Gasteiger partial charge in [0.25, 0.3) is 5.69 Å². The molecule has 0 unspecified atom stereocenters. The number of nitro groups is 1. The highest BCUT2D eigenvalue weighted by Gasteiger charge is 2.04. The van der Waals surface area contributed by atoms with Crippen LogP contribution in [-0.4, -0.2) is 15.1 Å². The van der Waals surface area contributed by atoms with Gasteiger partial charge in [0, 0.05) is 23.9 Å². The highest BCUT2D eigenvalue weighted by molar-refractivity contribution is 5.33. The Morgan fingerprint density at radius 2 is 2.00 bits per heavy atom. The van der Waals surface area contributed by atoms with Crippen molar-refractivity contribution < 1.29 is 4.92 Å². The number of hydrogen-bond donors (Lipinski definition) is 2. The molecule has 6 nitrogen and oxygen atoms in total. The van der Waals surface area contributed by atoms with Gasteiger partial charge in [0.15, 0.2) is 0 Å². The van der Waals surface area contributed by atoms with E-state index in [0.717, 1.165) is 30.5 Å². The Morgan fingerprint density at radius 1 is 1.28 bits per heavy atom. The molecule has 0 saturated carbocycles. The molecule has 0 aliphatic carbocycles. The summed E-state index contributed by atoms with van der Waals surface area (Å²) in [7, 11) is 0. The first-order valence-electron chi connectivity index (χ1n) is 5.68. The van der Waals surface area contributed by atoms with Crippen LogP contribution in [0.2, 0.25) is 0 Å². The Balaban J connectivity index is 1.85. The number of nitrogens with one attached hydrogen (secondary N) is 1. The van der Waals surface area contributed by atoms with Gasteiger partial charge in [0.05, 0.1) is 4.92 Å². The molecule has 0 atom stereocenters. The number of aromatic nitrogens is 2. The Bertz CT molecular complexity index is 533. The monoisotopic (exact) mass is 246 g/mol. The minimum Gasteiger partial charge on any atom is -0.382 e. The number of benzene rings is 1. The second-order valence-corrected chi connectivity index (χ2v) is 4.10. The van der Waals surface area contributed by atoms with Crippen molar-refractivity contribution in [1.29, 1.82) is 0 Å². The van der Waals surface area contributed by atoms with E-state index >= 15 is 0 Å². The van der Waals surface area contributed by atoms with Gasteiger partial charge >= 0.3 is 0 Å². The molecule has 18 heavy (non-hydrogen) atoms. The lowest BCUT2D eigenvalue weighted by Gasteiger charge is -2.00. The van der Waals surface area contributed by atoms with Crippen molar-refractivity contribution >= 4 is 11.5 Å². The average molecular weight is 246 g/mol. The zero-order valence-corrected chi connectivity index (χ0v) is 9.80. The lowest BCUT2D eigenvalue weighted by molar-refractivity contribution is -0.384. The second kappa shape index (κ2) is 5.31. The molecule has 0 saturated heterocycles. The Hall–Kier alpha value is -2.37. The van der Waals surface area contributed by atoms with Gasteiger partial charge in [-0.15, -0.1) is 0 Å². The SMILES string of the molecule is Nc1cc(CCCc2ccc([N+](=O)[O-])cc2)[nH]n1. The largest absolute Gasteiger partial charge is 0.382 e. The van der Waals surface area contributed by atoms with Gasteiger partial charge in [-0.2, -0.15) is 5.10 Å². The maximum Gasteiger partial charge on any atom is 0.269 e. The molecule has 0 aliphatic rings. The lowest BCUT2D eigenvalue weighted by Crippen LogP contribution is -1.92. The maximum absolute atomic E-state index is 10.5. The van der Waals surface area contributed by atoms with E-state index in [4.69, 9.17) is 5.73 Å². The minimum absolute atomic E-state index is 0.125. The zero-order chi connectivity index (χ0) is 13.0. The summed E-state index contributed by atoms with van der Waals surface area (Å²) in [6, 6.07) is 8.46. The van der Waals surface area contributed by atoms with Crippen molar-refractivity contribution in [2.45, 2.75) is 19.3 Å². The average Bonchev–Trinajstić information content (AvgIpc) is 2.76. The van der Waals surface area contributed by atoms with E-state index in [1.807, 2.05) is 6.07 Å². The fourth-order valence-corrected chi connectivity index (χ4v) is 1.77. The standard InChI is InChI=1S/C12H14N4O2/c13-12-8-10(14-15-12)3-1-2-9-4-6-11(7-5-9)16(17)18/h4-8H,1-3H2,(H3,13,14,15). The molecule has 0 fully saturated rings. The quantitative estimate of drug-likeness (QED) is 0.623. The van der Waals surface area contributed by atoms with Crippen LogP contribution in [0.15, 0.2) is 30.3 Å². The third kappa shape index (κ3) is 3.07. The molecule has 3 N–H and O–H groups in total. The van der Waals surface area contributed by atoms with Crippen molar-refractivity contribution in [3.63, 3.8) is 0 Å². The van der Waals surface area contributed by atoms with Gasteiger partial charge in [-0.3, -0.25) is 15.2 Å². The van der Waals surface area contributed by atoms with Gasteiger partial charge in [-0.1, -0.05) is 12.1 Å². The van der Waals surface area contributed by atoms with E-state index in [2.05, 4.69) is 10.2 Å². The number of hydrogen-bond acceptors (Lipinski definition) is 4. The van der Waals surface area contributed by atoms with Crippen LogP contribution >= 0.6 is 0 Å². The van der Waals surface area contributed by atoms with E-state index in [0.29, 0.717) is 5.82 Å². The molecule has 6 heteroatoms. The molecular formula is C12H14N4O2. The number of nitrogen functional groups attached to an aromatic ring is 1. The molecule has 0 bridgehead atoms. The third-order valence-electron chi connectivity index (χ3n) is 2.71. The van der Waals surface area contributed by atoms with Gasteiger partial charge in [0.1, 0.15) is 5.82 Å². The normalized spacial score (nSPS) is 10.4. The molecule has 1 aromatic heterocycles. The van der Waals surface area contributed by atoms with Crippen LogP contribution in [-0.2, 0) is 12.8 Å². The van der Waals surface area contributed by atoms with Gasteiger partial charge in [-0.25, -0.2) is 0 Å². The van der Waals surface area contributed by atoms with E-state index in [9.17, 15) is 10.1 Å². The van der Waals surface area contributed by atoms with Gasteiger partial charge in [-0.05, 0) is 24.8 Å². The molecule has 2 rings (SSSR count). The number of nitrogens with two attached hydrogens (primary N) is 1. The molecule has 1 aromatic carbocycles. The summed E-state index contributed by atoms with van der Waals surface area (Å²) in [6.07, 6.45) is 2.68. The summed E-state index contributed by atoms with van der Waals surface area (Å²) in [4.78, 5) is 10.1. The first-order chi connectivity index (χ1) is 8.65. The van der Waals surface area contributed by atoms with Crippen LogP contribution in [0.3, 0.4) is 0 Å². The number of rotatable bonds is 5. The van der Waals surface area contributed by atoms with Crippen LogP contribution in [0.1, 0.15) is 17.7 Å². The second-order valence-electron chi connectivity index (χ2n) is 4.10. The molecule has 1 heterocycles. The highest BCUT2D eigenvalue weighted by Crippen LogP contribution is 2.14. The van der Waals surface area contributed by atoms with Crippen molar-refractivity contribution in [3.8, 4) is 0 Å². The van der Waals surface area contributed by atoms with Crippen molar-refractivity contribution in [2.24, 2.45) is 0 Å². The molecule has 0 amide bonds. The minimum atomic E-state index is -0.392. The van der Waals surface area contributed by atoms with Crippen LogP contribution in [0.25, 0.3) is 0 Å². The highest BCUT2D eigenvalue weighted by atomic mass is 16.6. The zero-order valence-electron chi connectivity index (χ0n) is 9.80. The van der Waals surface area contributed by atoms with E-state index in [1.165, 1.54) is 12.1 Å². The molecule has 2 aromatic rings. The van der Waals surface area contributed by atoms with Crippen LogP contribution in [0.5, 0.6) is 0 Å². The predicted molar refractivity (Wildman–Crippen MR) is 68.1 cm³/mol. The van der Waals surface area contributed by atoms with Crippen LogP contribution < -0.4 is 5.73 Å². The number of anilines is 1. The summed E-state index contributed by atoms with van der Waals surface area (Å²) in [5, 5.41) is 17.2. The first-order valence-corrected chi connectivity index (χ1v) is 5.68. The Morgan fingerprint density at radius 3 is 2.56 bits per heavy atom. The summed E-state index contributed by atoms with van der Waals surface area (Å²) in [6.45, 7) is 0. The molecule has 94 valence electrons. The molecular weight excluding hydrogens is 232 g/mol. The topological polar surface area (TPSA) is 97.8 Å². The van der Waals surface area contributed by atoms with Gasteiger partial charge < -0.3 is 5.73 Å². The number of non-ortho nitro benzene ring substituents is 1. The van der Waals surface area contributed by atoms with Crippen molar-refractivity contribution in [3.05, 3.63) is 51.7 Å². The van der Waals surface area contributed by atoms with E-state index < -0.39 is 4.92 Å². The third-order valence-corrected chi connectivity index (χ3v) is 2.71. The Labute approximate surface area is 104 Å². The number of aromatic amines is 1. The number of nitro benzene ring substituents is 1. The van der Waals surface area contributed by atoms with E-state index in [1.54, 1.807) is 12.1 Å². The van der Waals surface area contributed by atoms with Crippen LogP contribution in [0.4, 0.5) is 11.5 Å². The number of aryl methyl sites for hydroxylation is 2. The first kappa shape index (κ1) is 12.1. The maximum atomic E-state index is 10.5. The molecule has 0 spiro atoms. The smallest absolute Gasteiger partial charge is 0.269 e. The lowest BCUT2D eigenvalue weighted by atomic mass is 10.1.